The molecule has 0 unspecified atom stereocenters. The summed E-state index contributed by atoms with van der Waals surface area (Å²) in [7, 11) is 0. The fraction of sp³-hybridized carbons (Fsp3) is 0.364. The third kappa shape index (κ3) is 4.34. The molecule has 0 aliphatic rings. The van der Waals surface area contributed by atoms with Crippen LogP contribution in [0, 0.1) is 5.92 Å². The number of amides is 2. The van der Waals surface area contributed by atoms with E-state index in [0.717, 1.165) is 10.2 Å². The van der Waals surface area contributed by atoms with E-state index in [-0.39, 0.29) is 6.03 Å². The van der Waals surface area contributed by atoms with E-state index < -0.39 is 0 Å². The highest BCUT2D eigenvalue weighted by Gasteiger charge is 2.04. The maximum Gasteiger partial charge on any atom is 0.319 e. The van der Waals surface area contributed by atoms with Crippen molar-refractivity contribution in [2.24, 2.45) is 5.92 Å². The van der Waals surface area contributed by atoms with E-state index in [1.807, 2.05) is 24.3 Å². The number of benzene rings is 1. The predicted octanol–water partition coefficient (Wildman–Crippen LogP) is 3.23. The Morgan fingerprint density at radius 3 is 2.67 bits per heavy atom. The summed E-state index contributed by atoms with van der Waals surface area (Å²) in [4.78, 5) is 11.4. The molecule has 0 saturated carbocycles. The highest BCUT2D eigenvalue weighted by molar-refractivity contribution is 9.10. The van der Waals surface area contributed by atoms with Crippen LogP contribution in [0.1, 0.15) is 13.8 Å². The van der Waals surface area contributed by atoms with Gasteiger partial charge in [-0.2, -0.15) is 0 Å². The van der Waals surface area contributed by atoms with E-state index in [2.05, 4.69) is 40.4 Å². The molecule has 1 rings (SSSR count). The Bertz CT molecular complexity index is 339. The van der Waals surface area contributed by atoms with Gasteiger partial charge in [0.25, 0.3) is 0 Å². The Morgan fingerprint density at radius 2 is 2.07 bits per heavy atom. The molecule has 0 fully saturated rings. The summed E-state index contributed by atoms with van der Waals surface area (Å²) in [5, 5.41) is 5.56. The van der Waals surface area contributed by atoms with E-state index in [1.54, 1.807) is 0 Å². The third-order valence-corrected chi connectivity index (χ3v) is 2.48. The molecule has 2 N–H and O–H groups in total. The van der Waals surface area contributed by atoms with Crippen LogP contribution in [0.2, 0.25) is 0 Å². The van der Waals surface area contributed by atoms with Crippen molar-refractivity contribution in [3.63, 3.8) is 0 Å². The van der Waals surface area contributed by atoms with Crippen molar-refractivity contribution in [1.29, 1.82) is 0 Å². The summed E-state index contributed by atoms with van der Waals surface area (Å²) >= 11 is 3.36. The fourth-order valence-corrected chi connectivity index (χ4v) is 1.41. The number of carbonyl (C=O) groups excluding carboxylic acids is 1. The Kier molecular flexibility index (Phi) is 4.62. The molecule has 1 aromatic carbocycles. The minimum absolute atomic E-state index is 0.171. The lowest BCUT2D eigenvalue weighted by atomic mass is 10.2. The average Bonchev–Trinajstić information content (AvgIpc) is 2.18. The van der Waals surface area contributed by atoms with E-state index in [1.165, 1.54) is 0 Å². The van der Waals surface area contributed by atoms with Crippen molar-refractivity contribution < 1.29 is 4.79 Å². The maximum absolute atomic E-state index is 11.4. The van der Waals surface area contributed by atoms with Gasteiger partial charge in [-0.15, -0.1) is 0 Å². The van der Waals surface area contributed by atoms with Crippen LogP contribution >= 0.6 is 15.9 Å². The molecule has 15 heavy (non-hydrogen) atoms. The molecule has 4 heteroatoms. The first kappa shape index (κ1) is 12.0. The predicted molar refractivity (Wildman–Crippen MR) is 66.0 cm³/mol. The number of rotatable bonds is 3. The van der Waals surface area contributed by atoms with Gasteiger partial charge >= 0.3 is 6.03 Å². The summed E-state index contributed by atoms with van der Waals surface area (Å²) in [6.07, 6.45) is 0. The Hall–Kier alpha value is -1.03. The maximum atomic E-state index is 11.4. The number of urea groups is 1. The molecule has 0 radical (unpaired) electrons. The van der Waals surface area contributed by atoms with Gasteiger partial charge in [0.05, 0.1) is 5.69 Å². The first-order valence-electron chi connectivity index (χ1n) is 4.89. The topological polar surface area (TPSA) is 41.1 Å². The van der Waals surface area contributed by atoms with Crippen LogP contribution in [-0.4, -0.2) is 12.6 Å². The number of carbonyl (C=O) groups is 1. The lowest BCUT2D eigenvalue weighted by Crippen LogP contribution is -2.31. The molecule has 0 atom stereocenters. The van der Waals surface area contributed by atoms with Crippen LogP contribution < -0.4 is 10.6 Å². The monoisotopic (exact) mass is 270 g/mol. The second-order valence-electron chi connectivity index (χ2n) is 3.71. The van der Waals surface area contributed by atoms with Crippen LogP contribution in [0.4, 0.5) is 10.5 Å². The smallest absolute Gasteiger partial charge is 0.319 e. The molecule has 0 saturated heterocycles. The van der Waals surface area contributed by atoms with Gasteiger partial charge in [0.1, 0.15) is 0 Å². The van der Waals surface area contributed by atoms with Gasteiger partial charge in [0.2, 0.25) is 0 Å². The first-order chi connectivity index (χ1) is 7.09. The molecule has 2 amide bonds. The van der Waals surface area contributed by atoms with Crippen molar-refractivity contribution in [3.8, 4) is 0 Å². The standard InChI is InChI=1S/C11H15BrN2O/c1-8(2)7-13-11(15)14-10-6-4-3-5-9(10)12/h3-6,8H,7H2,1-2H3,(H2,13,14,15). The lowest BCUT2D eigenvalue weighted by molar-refractivity contribution is 0.251. The fourth-order valence-electron chi connectivity index (χ4n) is 1.03. The molecule has 0 heterocycles. The summed E-state index contributed by atoms with van der Waals surface area (Å²) in [6.45, 7) is 4.79. The van der Waals surface area contributed by atoms with Crippen molar-refractivity contribution in [3.05, 3.63) is 28.7 Å². The Labute approximate surface area is 98.4 Å². The van der Waals surface area contributed by atoms with Crippen molar-refractivity contribution in [2.45, 2.75) is 13.8 Å². The van der Waals surface area contributed by atoms with Crippen molar-refractivity contribution >= 4 is 27.6 Å². The van der Waals surface area contributed by atoms with E-state index in [0.29, 0.717) is 12.5 Å². The van der Waals surface area contributed by atoms with Gasteiger partial charge in [-0.05, 0) is 34.0 Å². The van der Waals surface area contributed by atoms with Gasteiger partial charge in [0, 0.05) is 11.0 Å². The number of nitrogens with one attached hydrogen (secondary N) is 2. The molecule has 82 valence electrons. The summed E-state index contributed by atoms with van der Waals surface area (Å²) in [6, 6.07) is 7.34. The highest BCUT2D eigenvalue weighted by atomic mass is 79.9. The molecular formula is C11H15BrN2O. The van der Waals surface area contributed by atoms with Gasteiger partial charge in [-0.3, -0.25) is 0 Å². The van der Waals surface area contributed by atoms with Crippen LogP contribution in [0.15, 0.2) is 28.7 Å². The molecule has 0 bridgehead atoms. The zero-order chi connectivity index (χ0) is 11.3. The molecule has 0 spiro atoms. The second-order valence-corrected chi connectivity index (χ2v) is 4.56. The molecule has 0 aliphatic carbocycles. The summed E-state index contributed by atoms with van der Waals surface area (Å²) in [5.74, 6) is 0.454. The van der Waals surface area contributed by atoms with Gasteiger partial charge in [-0.25, -0.2) is 4.79 Å². The first-order valence-corrected chi connectivity index (χ1v) is 5.68. The number of hydrogen-bond donors (Lipinski definition) is 2. The van der Waals surface area contributed by atoms with Crippen LogP contribution in [0.5, 0.6) is 0 Å². The normalized spacial score (nSPS) is 10.1. The molecule has 0 aliphatic heterocycles. The molecular weight excluding hydrogens is 256 g/mol. The Morgan fingerprint density at radius 1 is 1.40 bits per heavy atom. The second kappa shape index (κ2) is 5.75. The third-order valence-electron chi connectivity index (χ3n) is 1.79. The molecule has 1 aromatic rings. The van der Waals surface area contributed by atoms with E-state index in [9.17, 15) is 4.79 Å². The average molecular weight is 271 g/mol. The van der Waals surface area contributed by atoms with Crippen LogP contribution in [0.25, 0.3) is 0 Å². The van der Waals surface area contributed by atoms with Crippen LogP contribution in [0.3, 0.4) is 0 Å². The number of hydrogen-bond acceptors (Lipinski definition) is 1. The SMILES string of the molecule is CC(C)CNC(=O)Nc1ccccc1Br. The van der Waals surface area contributed by atoms with Gasteiger partial charge in [-0.1, -0.05) is 26.0 Å². The number of para-hydroxylation sites is 1. The summed E-state index contributed by atoms with van der Waals surface area (Å²) in [5.41, 5.74) is 0.777. The number of halogens is 1. The van der Waals surface area contributed by atoms with Gasteiger partial charge < -0.3 is 10.6 Å². The molecule has 0 aromatic heterocycles. The largest absolute Gasteiger partial charge is 0.338 e. The quantitative estimate of drug-likeness (QED) is 0.870. The Balaban J connectivity index is 2.48. The van der Waals surface area contributed by atoms with E-state index in [4.69, 9.17) is 0 Å². The van der Waals surface area contributed by atoms with E-state index >= 15 is 0 Å². The van der Waals surface area contributed by atoms with Crippen LogP contribution in [-0.2, 0) is 0 Å². The minimum Gasteiger partial charge on any atom is -0.338 e. The number of anilines is 1. The zero-order valence-electron chi connectivity index (χ0n) is 8.88. The zero-order valence-corrected chi connectivity index (χ0v) is 10.5. The van der Waals surface area contributed by atoms with Crippen molar-refractivity contribution in [1.82, 2.24) is 5.32 Å². The molecule has 3 nitrogen and oxygen atoms in total. The minimum atomic E-state index is -0.171. The highest BCUT2D eigenvalue weighted by Crippen LogP contribution is 2.20. The summed E-state index contributed by atoms with van der Waals surface area (Å²) < 4.78 is 0.879. The lowest BCUT2D eigenvalue weighted by Gasteiger charge is -2.10. The van der Waals surface area contributed by atoms with Gasteiger partial charge in [0.15, 0.2) is 0 Å². The van der Waals surface area contributed by atoms with Crippen molar-refractivity contribution in [2.75, 3.05) is 11.9 Å².